The van der Waals surface area contributed by atoms with Crippen LogP contribution in [0.25, 0.3) is 0 Å². The molecule has 0 radical (unpaired) electrons. The summed E-state index contributed by atoms with van der Waals surface area (Å²) in [6.45, 7) is 2.11. The highest BCUT2D eigenvalue weighted by atomic mass is 16.5. The molecule has 17 heavy (non-hydrogen) atoms. The van der Waals surface area contributed by atoms with Gasteiger partial charge in [0.25, 0.3) is 0 Å². The van der Waals surface area contributed by atoms with Crippen LogP contribution in [0.15, 0.2) is 18.2 Å². The summed E-state index contributed by atoms with van der Waals surface area (Å²) in [5, 5.41) is 9.24. The molecule has 4 nitrogen and oxygen atoms in total. The Labute approximate surface area is 102 Å². The highest BCUT2D eigenvalue weighted by Gasteiger charge is 2.21. The monoisotopic (exact) mass is 236 g/mol. The van der Waals surface area contributed by atoms with Crippen molar-refractivity contribution < 1.29 is 9.84 Å². The van der Waals surface area contributed by atoms with E-state index in [-0.39, 0.29) is 6.61 Å². The van der Waals surface area contributed by atoms with Gasteiger partial charge in [-0.05, 0) is 30.9 Å². The number of nitrogens with two attached hydrogens (primary N) is 1. The predicted molar refractivity (Wildman–Crippen MR) is 69.4 cm³/mol. The summed E-state index contributed by atoms with van der Waals surface area (Å²) in [5.74, 6) is 1.07. The number of piperidine rings is 1. The molecule has 1 aliphatic heterocycles. The van der Waals surface area contributed by atoms with E-state index in [1.165, 1.54) is 0 Å². The number of rotatable bonds is 3. The lowest BCUT2D eigenvalue weighted by Crippen LogP contribution is -2.37. The molecule has 1 fully saturated rings. The zero-order chi connectivity index (χ0) is 12.3. The van der Waals surface area contributed by atoms with E-state index >= 15 is 0 Å². The van der Waals surface area contributed by atoms with Gasteiger partial charge in [-0.25, -0.2) is 0 Å². The van der Waals surface area contributed by atoms with Crippen LogP contribution in [0.4, 0.5) is 11.4 Å². The third kappa shape index (κ3) is 2.47. The normalized spacial score (nSPS) is 20.4. The number of nitrogen functional groups attached to an aromatic ring is 1. The van der Waals surface area contributed by atoms with Crippen LogP contribution in [-0.2, 0) is 0 Å². The smallest absolute Gasteiger partial charge is 0.143 e. The molecule has 1 aromatic carbocycles. The lowest BCUT2D eigenvalue weighted by molar-refractivity contribution is 0.209. The van der Waals surface area contributed by atoms with Crippen LogP contribution in [0.3, 0.4) is 0 Å². The van der Waals surface area contributed by atoms with Crippen LogP contribution in [0.2, 0.25) is 0 Å². The van der Waals surface area contributed by atoms with E-state index in [0.717, 1.165) is 31.6 Å². The van der Waals surface area contributed by atoms with Crippen molar-refractivity contribution in [3.63, 3.8) is 0 Å². The molecule has 1 aromatic rings. The summed E-state index contributed by atoms with van der Waals surface area (Å²) in [5.41, 5.74) is 7.79. The topological polar surface area (TPSA) is 58.7 Å². The quantitative estimate of drug-likeness (QED) is 0.781. The van der Waals surface area contributed by atoms with Gasteiger partial charge >= 0.3 is 0 Å². The van der Waals surface area contributed by atoms with Crippen molar-refractivity contribution in [3.8, 4) is 5.75 Å². The highest BCUT2D eigenvalue weighted by molar-refractivity contribution is 5.74. The Morgan fingerprint density at radius 3 is 3.06 bits per heavy atom. The molecule has 94 valence electrons. The predicted octanol–water partition coefficient (Wildman–Crippen LogP) is 1.49. The number of aliphatic hydroxyl groups excluding tert-OH is 1. The number of ether oxygens (including phenoxy) is 1. The van der Waals surface area contributed by atoms with Crippen LogP contribution in [-0.4, -0.2) is 31.9 Å². The maximum absolute atomic E-state index is 9.24. The molecule has 0 aromatic heterocycles. The first-order valence-corrected chi connectivity index (χ1v) is 6.04. The van der Waals surface area contributed by atoms with Crippen LogP contribution in [0.5, 0.6) is 5.75 Å². The van der Waals surface area contributed by atoms with E-state index in [2.05, 4.69) is 4.90 Å². The number of hydrogen-bond donors (Lipinski definition) is 2. The van der Waals surface area contributed by atoms with Crippen molar-refractivity contribution in [1.29, 1.82) is 0 Å². The first kappa shape index (κ1) is 12.0. The van der Waals surface area contributed by atoms with Gasteiger partial charge in [-0.3, -0.25) is 0 Å². The lowest BCUT2D eigenvalue weighted by Gasteiger charge is -2.34. The second-order valence-corrected chi connectivity index (χ2v) is 4.53. The Kier molecular flexibility index (Phi) is 3.74. The van der Waals surface area contributed by atoms with E-state index in [1.54, 1.807) is 7.11 Å². The zero-order valence-corrected chi connectivity index (χ0v) is 10.2. The minimum atomic E-state index is 0.250. The SMILES string of the molecule is COc1cccc(N2CCCC(CO)C2)c1N. The van der Waals surface area contributed by atoms with E-state index < -0.39 is 0 Å². The van der Waals surface area contributed by atoms with Crippen LogP contribution in [0.1, 0.15) is 12.8 Å². The van der Waals surface area contributed by atoms with Crippen LogP contribution >= 0.6 is 0 Å². The van der Waals surface area contributed by atoms with Crippen LogP contribution < -0.4 is 15.4 Å². The van der Waals surface area contributed by atoms with Crippen LogP contribution in [0, 0.1) is 5.92 Å². The number of methoxy groups -OCH3 is 1. The molecule has 1 aliphatic rings. The van der Waals surface area contributed by atoms with Gasteiger partial charge in [0.1, 0.15) is 5.75 Å². The third-order valence-electron chi connectivity index (χ3n) is 3.38. The molecule has 4 heteroatoms. The molecule has 0 aliphatic carbocycles. The summed E-state index contributed by atoms with van der Waals surface area (Å²) >= 11 is 0. The highest BCUT2D eigenvalue weighted by Crippen LogP contribution is 2.34. The molecule has 0 spiro atoms. The summed E-state index contributed by atoms with van der Waals surface area (Å²) in [4.78, 5) is 2.24. The van der Waals surface area contributed by atoms with Gasteiger partial charge in [0.05, 0.1) is 18.5 Å². The fourth-order valence-corrected chi connectivity index (χ4v) is 2.42. The van der Waals surface area contributed by atoms with Gasteiger partial charge in [0.15, 0.2) is 0 Å². The van der Waals surface area contributed by atoms with Crippen molar-refractivity contribution in [3.05, 3.63) is 18.2 Å². The van der Waals surface area contributed by atoms with E-state index in [9.17, 15) is 5.11 Å². The van der Waals surface area contributed by atoms with Crippen molar-refractivity contribution in [2.24, 2.45) is 5.92 Å². The maximum Gasteiger partial charge on any atom is 0.143 e. The largest absolute Gasteiger partial charge is 0.495 e. The Bertz CT molecular complexity index is 382. The average molecular weight is 236 g/mol. The van der Waals surface area contributed by atoms with Gasteiger partial charge in [-0.1, -0.05) is 6.07 Å². The fourth-order valence-electron chi connectivity index (χ4n) is 2.42. The Balaban J connectivity index is 2.21. The number of benzene rings is 1. The van der Waals surface area contributed by atoms with Gasteiger partial charge in [0, 0.05) is 19.7 Å². The molecule has 1 heterocycles. The van der Waals surface area contributed by atoms with Gasteiger partial charge < -0.3 is 20.5 Å². The van der Waals surface area contributed by atoms with E-state index in [4.69, 9.17) is 10.5 Å². The summed E-state index contributed by atoms with van der Waals surface area (Å²) in [7, 11) is 1.63. The molecule has 1 unspecified atom stereocenters. The van der Waals surface area contributed by atoms with Crippen molar-refractivity contribution in [1.82, 2.24) is 0 Å². The first-order chi connectivity index (χ1) is 8.26. The molecule has 2 rings (SSSR count). The molecular formula is C13H20N2O2. The molecular weight excluding hydrogens is 216 g/mol. The maximum atomic E-state index is 9.24. The Morgan fingerprint density at radius 2 is 2.35 bits per heavy atom. The Hall–Kier alpha value is -1.42. The first-order valence-electron chi connectivity index (χ1n) is 6.04. The number of nitrogens with zero attached hydrogens (tertiary/aromatic N) is 1. The second kappa shape index (κ2) is 5.27. The molecule has 3 N–H and O–H groups in total. The number of hydrogen-bond acceptors (Lipinski definition) is 4. The second-order valence-electron chi connectivity index (χ2n) is 4.53. The Morgan fingerprint density at radius 1 is 1.53 bits per heavy atom. The van der Waals surface area contributed by atoms with Gasteiger partial charge in [-0.2, -0.15) is 0 Å². The standard InChI is InChI=1S/C13H20N2O2/c1-17-12-6-2-5-11(13(12)14)15-7-3-4-10(8-15)9-16/h2,5-6,10,16H,3-4,7-9,14H2,1H3. The number of anilines is 2. The fraction of sp³-hybridized carbons (Fsp3) is 0.538. The zero-order valence-electron chi connectivity index (χ0n) is 10.2. The summed E-state index contributed by atoms with van der Waals surface area (Å²) in [6.07, 6.45) is 2.19. The van der Waals surface area contributed by atoms with E-state index in [1.807, 2.05) is 18.2 Å². The van der Waals surface area contributed by atoms with Gasteiger partial charge in [0.2, 0.25) is 0 Å². The molecule has 0 amide bonds. The number of aliphatic hydroxyl groups is 1. The van der Waals surface area contributed by atoms with Crippen molar-refractivity contribution in [2.45, 2.75) is 12.8 Å². The summed E-state index contributed by atoms with van der Waals surface area (Å²) in [6, 6.07) is 5.83. The molecule has 1 saturated heterocycles. The molecule has 0 saturated carbocycles. The van der Waals surface area contributed by atoms with Crippen molar-refractivity contribution in [2.75, 3.05) is 37.4 Å². The number of para-hydroxylation sites is 1. The van der Waals surface area contributed by atoms with E-state index in [0.29, 0.717) is 17.4 Å². The average Bonchev–Trinajstić information content (AvgIpc) is 2.39. The third-order valence-corrected chi connectivity index (χ3v) is 3.38. The minimum absolute atomic E-state index is 0.250. The summed E-state index contributed by atoms with van der Waals surface area (Å²) < 4.78 is 5.23. The van der Waals surface area contributed by atoms with Crippen molar-refractivity contribution >= 4 is 11.4 Å². The van der Waals surface area contributed by atoms with Gasteiger partial charge in [-0.15, -0.1) is 0 Å². The molecule has 0 bridgehead atoms. The minimum Gasteiger partial charge on any atom is -0.495 e. The lowest BCUT2D eigenvalue weighted by atomic mass is 9.98. The molecule has 1 atom stereocenters.